The molecular weight excluding hydrogens is 268 g/mol. The molecule has 0 aliphatic heterocycles. The fourth-order valence-electron chi connectivity index (χ4n) is 3.10. The molecule has 20 heavy (non-hydrogen) atoms. The van der Waals surface area contributed by atoms with E-state index in [2.05, 4.69) is 45.6 Å². The molecule has 4 nitrogen and oxygen atoms in total. The van der Waals surface area contributed by atoms with Crippen LogP contribution in [0.4, 0.5) is 0 Å². The third-order valence-corrected chi connectivity index (χ3v) is 4.94. The Balaban J connectivity index is 1.87. The standard InChI is InChI=1S/C15H10N4S/c1-2-9-4-5-10-6-7-12(11(3-1)13(9)10)14-18-19-8-16-17-15(19)20-14/h1-3,6-8H,4-5H2. The van der Waals surface area contributed by atoms with Crippen molar-refractivity contribution in [3.05, 3.63) is 47.8 Å². The van der Waals surface area contributed by atoms with Crippen LogP contribution < -0.4 is 0 Å². The second-order valence-electron chi connectivity index (χ2n) is 5.08. The number of aryl methyl sites for hydroxylation is 2. The van der Waals surface area contributed by atoms with Gasteiger partial charge < -0.3 is 0 Å². The first-order valence-corrected chi connectivity index (χ1v) is 7.42. The van der Waals surface area contributed by atoms with Gasteiger partial charge in [0.05, 0.1) is 0 Å². The first-order valence-electron chi connectivity index (χ1n) is 6.61. The zero-order chi connectivity index (χ0) is 13.1. The number of fused-ring (bicyclic) bond motifs is 1. The van der Waals surface area contributed by atoms with Crippen molar-refractivity contribution in [3.8, 4) is 10.6 Å². The van der Waals surface area contributed by atoms with Crippen LogP contribution in [-0.4, -0.2) is 19.8 Å². The highest BCUT2D eigenvalue weighted by atomic mass is 32.1. The molecule has 96 valence electrons. The Kier molecular flexibility index (Phi) is 1.91. The Hall–Kier alpha value is -2.27. The lowest BCUT2D eigenvalue weighted by Crippen LogP contribution is -1.86. The predicted molar refractivity (Wildman–Crippen MR) is 79.0 cm³/mol. The van der Waals surface area contributed by atoms with E-state index < -0.39 is 0 Å². The highest BCUT2D eigenvalue weighted by Crippen LogP contribution is 2.38. The second-order valence-corrected chi connectivity index (χ2v) is 6.03. The number of aromatic nitrogens is 4. The molecule has 0 amide bonds. The number of rotatable bonds is 1. The summed E-state index contributed by atoms with van der Waals surface area (Å²) in [5.41, 5.74) is 4.12. The minimum Gasteiger partial charge on any atom is -0.190 e. The van der Waals surface area contributed by atoms with Gasteiger partial charge >= 0.3 is 0 Å². The van der Waals surface area contributed by atoms with Crippen molar-refractivity contribution < 1.29 is 0 Å². The summed E-state index contributed by atoms with van der Waals surface area (Å²) >= 11 is 1.58. The van der Waals surface area contributed by atoms with E-state index in [0.717, 1.165) is 22.8 Å². The molecule has 2 aromatic heterocycles. The lowest BCUT2D eigenvalue weighted by Gasteiger charge is -2.06. The van der Waals surface area contributed by atoms with Crippen molar-refractivity contribution in [2.75, 3.05) is 0 Å². The first-order chi connectivity index (χ1) is 9.90. The van der Waals surface area contributed by atoms with E-state index in [4.69, 9.17) is 0 Å². The average molecular weight is 278 g/mol. The second kappa shape index (κ2) is 3.64. The number of hydrogen-bond acceptors (Lipinski definition) is 4. The minimum absolute atomic E-state index is 0.836. The van der Waals surface area contributed by atoms with Crippen molar-refractivity contribution in [1.29, 1.82) is 0 Å². The normalized spacial score (nSPS) is 13.6. The van der Waals surface area contributed by atoms with Crippen LogP contribution in [0.3, 0.4) is 0 Å². The van der Waals surface area contributed by atoms with Gasteiger partial charge in [-0.1, -0.05) is 41.7 Å². The molecule has 5 heteroatoms. The summed E-state index contributed by atoms with van der Waals surface area (Å²) in [4.78, 5) is 0.836. The van der Waals surface area contributed by atoms with Crippen LogP contribution in [-0.2, 0) is 12.8 Å². The maximum absolute atomic E-state index is 4.58. The summed E-state index contributed by atoms with van der Waals surface area (Å²) in [7, 11) is 0. The minimum atomic E-state index is 0.836. The van der Waals surface area contributed by atoms with E-state index in [1.165, 1.54) is 27.5 Å². The molecule has 0 fully saturated rings. The molecule has 0 bridgehead atoms. The molecule has 1 aliphatic carbocycles. The highest BCUT2D eigenvalue weighted by Gasteiger charge is 2.18. The van der Waals surface area contributed by atoms with Gasteiger partial charge in [0.2, 0.25) is 4.96 Å². The third kappa shape index (κ3) is 1.28. The smallest absolute Gasteiger partial charge is 0.190 e. The predicted octanol–water partition coefficient (Wildman–Crippen LogP) is 3.10. The summed E-state index contributed by atoms with van der Waals surface area (Å²) in [6, 6.07) is 11.0. The van der Waals surface area contributed by atoms with Gasteiger partial charge in [-0.25, -0.2) is 0 Å². The number of benzene rings is 2. The Morgan fingerprint density at radius 3 is 2.85 bits per heavy atom. The van der Waals surface area contributed by atoms with Gasteiger partial charge in [-0.2, -0.15) is 9.61 Å². The summed E-state index contributed by atoms with van der Waals surface area (Å²) in [6.07, 6.45) is 3.96. The molecule has 0 unspecified atom stereocenters. The number of nitrogens with zero attached hydrogens (tertiary/aromatic N) is 4. The number of hydrogen-bond donors (Lipinski definition) is 0. The summed E-state index contributed by atoms with van der Waals surface area (Å²) in [6.45, 7) is 0. The SMILES string of the molecule is c1cc2c3c(ccc(-c4nn5cnnc5s4)c3c1)CC2. The molecular formula is C15H10N4S. The Morgan fingerprint density at radius 2 is 1.95 bits per heavy atom. The maximum Gasteiger partial charge on any atom is 0.234 e. The molecule has 0 N–H and O–H groups in total. The lowest BCUT2D eigenvalue weighted by molar-refractivity contribution is 0.960. The molecule has 0 saturated carbocycles. The van der Waals surface area contributed by atoms with Crippen LogP contribution in [0.2, 0.25) is 0 Å². The van der Waals surface area contributed by atoms with Crippen LogP contribution in [0.5, 0.6) is 0 Å². The molecule has 5 rings (SSSR count). The average Bonchev–Trinajstić information content (AvgIpc) is 3.14. The van der Waals surface area contributed by atoms with E-state index in [0.29, 0.717) is 0 Å². The molecule has 0 radical (unpaired) electrons. The zero-order valence-corrected chi connectivity index (χ0v) is 11.4. The Labute approximate surface area is 118 Å². The molecule has 2 aromatic carbocycles. The van der Waals surface area contributed by atoms with E-state index in [1.807, 2.05) is 0 Å². The first kappa shape index (κ1) is 10.5. The Morgan fingerprint density at radius 1 is 1.05 bits per heavy atom. The largest absolute Gasteiger partial charge is 0.234 e. The molecule has 2 heterocycles. The van der Waals surface area contributed by atoms with E-state index in [9.17, 15) is 0 Å². The van der Waals surface area contributed by atoms with Crippen LogP contribution >= 0.6 is 11.3 Å². The van der Waals surface area contributed by atoms with Gasteiger partial charge in [0.25, 0.3) is 0 Å². The highest BCUT2D eigenvalue weighted by molar-refractivity contribution is 7.19. The molecule has 0 spiro atoms. The van der Waals surface area contributed by atoms with Crippen LogP contribution in [0.15, 0.2) is 36.7 Å². The summed E-state index contributed by atoms with van der Waals surface area (Å²) < 4.78 is 1.74. The van der Waals surface area contributed by atoms with Gasteiger partial charge in [-0.15, -0.1) is 10.2 Å². The summed E-state index contributed by atoms with van der Waals surface area (Å²) in [5, 5.41) is 16.2. The van der Waals surface area contributed by atoms with Crippen molar-refractivity contribution in [2.45, 2.75) is 12.8 Å². The monoisotopic (exact) mass is 278 g/mol. The van der Waals surface area contributed by atoms with Gasteiger partial charge in [0, 0.05) is 5.56 Å². The maximum atomic E-state index is 4.58. The molecule has 4 aromatic rings. The van der Waals surface area contributed by atoms with Gasteiger partial charge in [-0.05, 0) is 34.7 Å². The molecule has 1 aliphatic rings. The topological polar surface area (TPSA) is 43.1 Å². The van der Waals surface area contributed by atoms with Crippen molar-refractivity contribution >= 4 is 27.1 Å². The quantitative estimate of drug-likeness (QED) is 0.537. The van der Waals surface area contributed by atoms with Crippen LogP contribution in [0.1, 0.15) is 11.1 Å². The van der Waals surface area contributed by atoms with Crippen molar-refractivity contribution in [3.63, 3.8) is 0 Å². The van der Waals surface area contributed by atoms with Crippen LogP contribution in [0.25, 0.3) is 26.3 Å². The fourth-order valence-corrected chi connectivity index (χ4v) is 3.96. The third-order valence-electron chi connectivity index (χ3n) is 3.99. The fraction of sp³-hybridized carbons (Fsp3) is 0.133. The van der Waals surface area contributed by atoms with Gasteiger partial charge in [0.1, 0.15) is 11.3 Å². The van der Waals surface area contributed by atoms with Crippen molar-refractivity contribution in [1.82, 2.24) is 19.8 Å². The van der Waals surface area contributed by atoms with Crippen LogP contribution in [0, 0.1) is 0 Å². The lowest BCUT2D eigenvalue weighted by atomic mass is 10.0. The van der Waals surface area contributed by atoms with E-state index in [1.54, 1.807) is 22.2 Å². The van der Waals surface area contributed by atoms with Gasteiger partial charge in [-0.3, -0.25) is 0 Å². The van der Waals surface area contributed by atoms with E-state index >= 15 is 0 Å². The van der Waals surface area contributed by atoms with Crippen molar-refractivity contribution in [2.24, 2.45) is 0 Å². The molecule has 0 saturated heterocycles. The van der Waals surface area contributed by atoms with Gasteiger partial charge in [0.15, 0.2) is 0 Å². The summed E-state index contributed by atoms with van der Waals surface area (Å²) in [5.74, 6) is 0. The van der Waals surface area contributed by atoms with E-state index in [-0.39, 0.29) is 0 Å². The Bertz CT molecular complexity index is 928. The zero-order valence-electron chi connectivity index (χ0n) is 10.6. The molecule has 0 atom stereocenters.